The summed E-state index contributed by atoms with van der Waals surface area (Å²) in [5.41, 5.74) is -1.49. The Balaban J connectivity index is 2.47. The highest BCUT2D eigenvalue weighted by Crippen LogP contribution is 2.29. The lowest BCUT2D eigenvalue weighted by molar-refractivity contribution is -0.422. The van der Waals surface area contributed by atoms with E-state index in [0.717, 1.165) is 37.5 Å². The summed E-state index contributed by atoms with van der Waals surface area (Å²) in [6, 6.07) is 2.93. The molecule has 1 N–H and O–H groups in total. The minimum Gasteiger partial charge on any atom is -0.353 e. The van der Waals surface area contributed by atoms with Crippen molar-refractivity contribution >= 4 is 34.2 Å². The smallest absolute Gasteiger partial charge is 0.346 e. The molecule has 0 spiro atoms. The molecular weight excluding hydrogens is 386 g/mol. The zero-order valence-electron chi connectivity index (χ0n) is 15.6. The maximum Gasteiger partial charge on any atom is 0.346 e. The van der Waals surface area contributed by atoms with Crippen LogP contribution in [0.15, 0.2) is 29.7 Å². The van der Waals surface area contributed by atoms with E-state index in [4.69, 9.17) is 0 Å². The van der Waals surface area contributed by atoms with E-state index >= 15 is 0 Å². The minimum atomic E-state index is -0.912. The Morgan fingerprint density at radius 3 is 2.32 bits per heavy atom. The summed E-state index contributed by atoms with van der Waals surface area (Å²) in [4.78, 5) is 43.6. The molecule has 0 aliphatic heterocycles. The Kier molecular flexibility index (Phi) is 10.5. The van der Waals surface area contributed by atoms with Crippen LogP contribution in [0.3, 0.4) is 0 Å². The van der Waals surface area contributed by atoms with E-state index in [1.165, 1.54) is 30.7 Å². The molecule has 0 heterocycles. The summed E-state index contributed by atoms with van der Waals surface area (Å²) in [6.07, 6.45) is 7.90. The van der Waals surface area contributed by atoms with Gasteiger partial charge in [0.2, 0.25) is 11.0 Å². The summed E-state index contributed by atoms with van der Waals surface area (Å²) in [6.45, 7) is 2.71. The molecule has 0 saturated carbocycles. The third-order valence-electron chi connectivity index (χ3n) is 3.83. The Morgan fingerprint density at radius 1 is 1.04 bits per heavy atom. The molecule has 0 radical (unpaired) electrons. The third-order valence-corrected chi connectivity index (χ3v) is 4.55. The zero-order chi connectivity index (χ0) is 20.9. The van der Waals surface area contributed by atoms with Gasteiger partial charge in [0.25, 0.3) is 0 Å². The predicted octanol–water partition coefficient (Wildman–Crippen LogP) is 4.37. The van der Waals surface area contributed by atoms with Gasteiger partial charge in [-0.1, -0.05) is 50.8 Å². The molecule has 152 valence electrons. The Morgan fingerprint density at radius 2 is 1.68 bits per heavy atom. The molecule has 1 aromatic carbocycles. The lowest BCUT2D eigenvalue weighted by Gasteiger charge is -2.02. The third kappa shape index (κ3) is 8.30. The van der Waals surface area contributed by atoms with Gasteiger partial charge in [-0.25, -0.2) is 0 Å². The number of thioether (sulfide) groups is 1. The average Bonchev–Trinajstić information content (AvgIpc) is 2.66. The molecule has 10 heteroatoms. The molecule has 0 aromatic heterocycles. The highest BCUT2D eigenvalue weighted by molar-refractivity contribution is 8.16. The van der Waals surface area contributed by atoms with Crippen molar-refractivity contribution in [1.82, 2.24) is 5.32 Å². The van der Waals surface area contributed by atoms with E-state index in [0.29, 0.717) is 18.3 Å². The molecule has 9 nitrogen and oxygen atoms in total. The number of carbonyl (C=O) groups excluding carboxylic acids is 2. The number of carbonyl (C=O) groups is 2. The van der Waals surface area contributed by atoms with Gasteiger partial charge in [0.15, 0.2) is 0 Å². The van der Waals surface area contributed by atoms with Gasteiger partial charge in [-0.15, -0.1) is 0 Å². The number of amides is 1. The van der Waals surface area contributed by atoms with Crippen molar-refractivity contribution in [3.8, 4) is 0 Å². The van der Waals surface area contributed by atoms with Crippen molar-refractivity contribution in [2.75, 3.05) is 6.54 Å². The van der Waals surface area contributed by atoms with Crippen LogP contribution in [0.25, 0.3) is 0 Å². The molecule has 0 aliphatic carbocycles. The average molecular weight is 409 g/mol. The fourth-order valence-corrected chi connectivity index (χ4v) is 2.93. The van der Waals surface area contributed by atoms with Gasteiger partial charge in [-0.05, 0) is 17.9 Å². The van der Waals surface area contributed by atoms with Crippen molar-refractivity contribution in [1.29, 1.82) is 0 Å². The van der Waals surface area contributed by atoms with Gasteiger partial charge in [0.05, 0.1) is 9.85 Å². The molecule has 28 heavy (non-hydrogen) atoms. The van der Waals surface area contributed by atoms with E-state index in [9.17, 15) is 29.8 Å². The van der Waals surface area contributed by atoms with Gasteiger partial charge in [0.1, 0.15) is 0 Å². The summed E-state index contributed by atoms with van der Waals surface area (Å²) in [7, 11) is 0. The molecular formula is C18H23N3O6S. The number of nitrogens with zero attached hydrogens (tertiary/aromatic N) is 2. The van der Waals surface area contributed by atoms with Crippen molar-refractivity contribution in [2.24, 2.45) is 0 Å². The fraction of sp³-hybridized carbons (Fsp3) is 0.444. The van der Waals surface area contributed by atoms with Crippen molar-refractivity contribution in [3.63, 3.8) is 0 Å². The second-order valence-corrected chi connectivity index (χ2v) is 6.86. The minimum absolute atomic E-state index is 0.0561. The highest BCUT2D eigenvalue weighted by Gasteiger charge is 2.25. The van der Waals surface area contributed by atoms with Crippen LogP contribution in [0, 0.1) is 20.2 Å². The molecule has 0 saturated heterocycles. The molecule has 0 bridgehead atoms. The molecule has 0 fully saturated rings. The molecule has 0 unspecified atom stereocenters. The number of hydrogen-bond acceptors (Lipinski definition) is 7. The summed E-state index contributed by atoms with van der Waals surface area (Å²) in [5, 5.41) is 25.1. The van der Waals surface area contributed by atoms with Crippen molar-refractivity contribution in [3.05, 3.63) is 55.5 Å². The molecule has 0 aliphatic rings. The molecule has 0 atom stereocenters. The Hall–Kier alpha value is -2.75. The van der Waals surface area contributed by atoms with E-state index in [2.05, 4.69) is 12.2 Å². The number of hydrogen-bond donors (Lipinski definition) is 1. The van der Waals surface area contributed by atoms with E-state index < -0.39 is 26.3 Å². The van der Waals surface area contributed by atoms with Gasteiger partial charge >= 0.3 is 11.4 Å². The summed E-state index contributed by atoms with van der Waals surface area (Å²) < 4.78 is 0. The standard InChI is InChI=1S/C18H23N3O6S/c1-2-3-4-5-6-7-11-19-17(22)10-12-28-18(23)14-8-9-15(20(24)25)16(13-14)21(26)27/h8-10,12-13H,2-7,11H2,1H3,(H,19,22)/b12-10-. The van der Waals surface area contributed by atoms with Crippen LogP contribution in [0.5, 0.6) is 0 Å². The van der Waals surface area contributed by atoms with Gasteiger partial charge in [-0.2, -0.15) is 0 Å². The van der Waals surface area contributed by atoms with Crippen molar-refractivity contribution < 1.29 is 19.4 Å². The lowest BCUT2D eigenvalue weighted by Crippen LogP contribution is -2.21. The number of benzene rings is 1. The maximum absolute atomic E-state index is 12.1. The second-order valence-electron chi connectivity index (χ2n) is 5.98. The second kappa shape index (κ2) is 12.6. The van der Waals surface area contributed by atoms with Gasteiger partial charge < -0.3 is 5.32 Å². The predicted molar refractivity (Wildman–Crippen MR) is 107 cm³/mol. The zero-order valence-corrected chi connectivity index (χ0v) is 16.4. The fourth-order valence-electron chi connectivity index (χ4n) is 2.35. The van der Waals surface area contributed by atoms with Crippen LogP contribution in [-0.4, -0.2) is 27.4 Å². The Bertz CT molecular complexity index is 751. The van der Waals surface area contributed by atoms with E-state index in [1.54, 1.807) is 0 Å². The largest absolute Gasteiger partial charge is 0.353 e. The first kappa shape index (κ1) is 23.3. The van der Waals surface area contributed by atoms with Crippen LogP contribution in [0.2, 0.25) is 0 Å². The van der Waals surface area contributed by atoms with Crippen LogP contribution < -0.4 is 5.32 Å². The first-order valence-corrected chi connectivity index (χ1v) is 9.83. The summed E-state index contributed by atoms with van der Waals surface area (Å²) >= 11 is 0.673. The molecule has 1 amide bonds. The van der Waals surface area contributed by atoms with Crippen LogP contribution >= 0.6 is 11.8 Å². The van der Waals surface area contributed by atoms with E-state index in [1.807, 2.05) is 0 Å². The van der Waals surface area contributed by atoms with Gasteiger partial charge in [-0.3, -0.25) is 29.8 Å². The number of nitro groups is 2. The number of rotatable bonds is 12. The normalized spacial score (nSPS) is 10.8. The topological polar surface area (TPSA) is 132 Å². The van der Waals surface area contributed by atoms with Crippen LogP contribution in [-0.2, 0) is 4.79 Å². The number of nitro benzene ring substituents is 2. The lowest BCUT2D eigenvalue weighted by atomic mass is 10.1. The first-order valence-electron chi connectivity index (χ1n) is 8.95. The SMILES string of the molecule is CCCCCCCCNC(=O)/C=C\SC(=O)c1ccc([N+](=O)[O-])c([N+](=O)[O-])c1. The first-order chi connectivity index (χ1) is 13.4. The van der Waals surface area contributed by atoms with Gasteiger partial charge in [0, 0.05) is 30.3 Å². The monoisotopic (exact) mass is 409 g/mol. The number of nitrogens with one attached hydrogen (secondary N) is 1. The Labute approximate surface area is 166 Å². The number of unbranched alkanes of at least 4 members (excludes halogenated alkanes) is 5. The van der Waals surface area contributed by atoms with Crippen molar-refractivity contribution in [2.45, 2.75) is 45.4 Å². The summed E-state index contributed by atoms with van der Waals surface area (Å²) in [5.74, 6) is -0.330. The van der Waals surface area contributed by atoms with Crippen LogP contribution in [0.1, 0.15) is 55.8 Å². The highest BCUT2D eigenvalue weighted by atomic mass is 32.2. The quantitative estimate of drug-likeness (QED) is 0.234. The van der Waals surface area contributed by atoms with Crippen LogP contribution in [0.4, 0.5) is 11.4 Å². The molecule has 1 rings (SSSR count). The van der Waals surface area contributed by atoms with E-state index in [-0.39, 0.29) is 11.5 Å². The maximum atomic E-state index is 12.1. The molecule has 1 aromatic rings.